The molecule has 2 aromatic carbocycles. The van der Waals surface area contributed by atoms with Crippen LogP contribution >= 0.6 is 0 Å². The molecule has 0 fully saturated rings. The van der Waals surface area contributed by atoms with Gasteiger partial charge in [-0.3, -0.25) is 0 Å². The molecule has 4 heteroatoms. The first kappa shape index (κ1) is 22.8. The molecular weight excluding hydrogens is 384 g/mol. The van der Waals surface area contributed by atoms with Gasteiger partial charge in [0.15, 0.2) is 0 Å². The Bertz CT molecular complexity index is 1020. The third kappa shape index (κ3) is 4.58. The number of hydrogen-bond donors (Lipinski definition) is 2. The van der Waals surface area contributed by atoms with E-state index < -0.39 is 5.92 Å². The maximum atomic E-state index is 11.4. The highest BCUT2D eigenvalue weighted by atomic mass is 16.3. The summed E-state index contributed by atoms with van der Waals surface area (Å²) in [5.41, 5.74) is 5.52. The Balaban J connectivity index is 2.40. The van der Waals surface area contributed by atoms with Crippen molar-refractivity contribution in [2.24, 2.45) is 0 Å². The minimum Gasteiger partial charge on any atom is -0.507 e. The summed E-state index contributed by atoms with van der Waals surface area (Å²) in [6, 6.07) is 11.8. The molecule has 1 heterocycles. The van der Waals surface area contributed by atoms with Gasteiger partial charge in [0.2, 0.25) is 0 Å². The zero-order valence-corrected chi connectivity index (χ0v) is 19.9. The average molecular weight is 419 g/mol. The van der Waals surface area contributed by atoms with Crippen molar-refractivity contribution in [3.8, 4) is 11.5 Å². The van der Waals surface area contributed by atoms with E-state index in [-0.39, 0.29) is 22.3 Å². The van der Waals surface area contributed by atoms with E-state index in [1.165, 1.54) is 0 Å². The minimum absolute atomic E-state index is 0.233. The van der Waals surface area contributed by atoms with Gasteiger partial charge < -0.3 is 10.2 Å². The van der Waals surface area contributed by atoms with Gasteiger partial charge in [-0.15, -0.1) is 0 Å². The SMILES string of the molecule is Cc1cc(C(c2cccnn2)c2cc(C)cc(C(C)(C)C)c2O)c(O)c(C(C)(C)C)c1. The smallest absolute Gasteiger partial charge is 0.123 e. The molecule has 4 nitrogen and oxygen atoms in total. The lowest BCUT2D eigenvalue weighted by molar-refractivity contribution is 0.431. The van der Waals surface area contributed by atoms with Crippen LogP contribution in [0.1, 0.15) is 86.5 Å². The zero-order valence-electron chi connectivity index (χ0n) is 19.9. The van der Waals surface area contributed by atoms with Gasteiger partial charge in [-0.05, 0) is 47.9 Å². The molecule has 164 valence electrons. The van der Waals surface area contributed by atoms with Crippen molar-refractivity contribution in [3.63, 3.8) is 0 Å². The lowest BCUT2D eigenvalue weighted by Crippen LogP contribution is -2.16. The molecule has 3 rings (SSSR count). The minimum atomic E-state index is -0.448. The predicted octanol–water partition coefficient (Wildman–Crippen LogP) is 6.28. The van der Waals surface area contributed by atoms with E-state index in [1.54, 1.807) is 6.20 Å². The molecule has 0 unspecified atom stereocenters. The number of hydrogen-bond acceptors (Lipinski definition) is 4. The summed E-state index contributed by atoms with van der Waals surface area (Å²) in [5.74, 6) is 0.0367. The first-order chi connectivity index (χ1) is 14.3. The van der Waals surface area contributed by atoms with Gasteiger partial charge >= 0.3 is 0 Å². The van der Waals surface area contributed by atoms with Crippen molar-refractivity contribution in [2.75, 3.05) is 0 Å². The van der Waals surface area contributed by atoms with Crippen LogP contribution in [-0.2, 0) is 10.8 Å². The highest BCUT2D eigenvalue weighted by Crippen LogP contribution is 2.46. The molecule has 0 spiro atoms. The molecule has 0 aliphatic carbocycles. The summed E-state index contributed by atoms with van der Waals surface area (Å²) in [7, 11) is 0. The van der Waals surface area contributed by atoms with Crippen LogP contribution in [0, 0.1) is 13.8 Å². The third-order valence-corrected chi connectivity index (χ3v) is 5.69. The van der Waals surface area contributed by atoms with Crippen molar-refractivity contribution >= 4 is 0 Å². The average Bonchev–Trinajstić information content (AvgIpc) is 2.66. The first-order valence-electron chi connectivity index (χ1n) is 10.8. The van der Waals surface area contributed by atoms with E-state index in [4.69, 9.17) is 0 Å². The molecule has 0 saturated carbocycles. The summed E-state index contributed by atoms with van der Waals surface area (Å²) in [6.07, 6.45) is 1.63. The largest absolute Gasteiger partial charge is 0.507 e. The van der Waals surface area contributed by atoms with Crippen molar-refractivity contribution in [1.29, 1.82) is 0 Å². The summed E-state index contributed by atoms with van der Waals surface area (Å²) < 4.78 is 0. The summed E-state index contributed by atoms with van der Waals surface area (Å²) in [5, 5.41) is 31.3. The van der Waals surface area contributed by atoms with Gasteiger partial charge in [-0.1, -0.05) is 76.9 Å². The van der Waals surface area contributed by atoms with Gasteiger partial charge in [0.1, 0.15) is 11.5 Å². The standard InChI is InChI=1S/C27H34N2O2/c1-16-12-18(24(30)20(14-16)26(3,4)5)23(22-10-9-11-28-29-22)19-13-17(2)15-21(25(19)31)27(6,7)8/h9-15,23,30-31H,1-8H3. The van der Waals surface area contributed by atoms with Crippen molar-refractivity contribution in [1.82, 2.24) is 10.2 Å². The first-order valence-corrected chi connectivity index (χ1v) is 10.8. The van der Waals surface area contributed by atoms with Crippen LogP contribution in [-0.4, -0.2) is 20.4 Å². The molecule has 3 aromatic rings. The van der Waals surface area contributed by atoms with E-state index >= 15 is 0 Å². The second-order valence-corrected chi connectivity index (χ2v) is 10.6. The van der Waals surface area contributed by atoms with Crippen LogP contribution < -0.4 is 0 Å². The highest BCUT2D eigenvalue weighted by molar-refractivity contribution is 5.58. The summed E-state index contributed by atoms with van der Waals surface area (Å²) in [4.78, 5) is 0. The van der Waals surface area contributed by atoms with Gasteiger partial charge in [-0.25, -0.2) is 0 Å². The number of nitrogens with zero attached hydrogens (tertiary/aromatic N) is 2. The highest BCUT2D eigenvalue weighted by Gasteiger charge is 2.31. The molecule has 2 N–H and O–H groups in total. The topological polar surface area (TPSA) is 66.2 Å². The van der Waals surface area contributed by atoms with E-state index in [1.807, 2.05) is 50.2 Å². The van der Waals surface area contributed by atoms with Crippen LogP contribution in [0.3, 0.4) is 0 Å². The zero-order chi connectivity index (χ0) is 23.1. The quantitative estimate of drug-likeness (QED) is 0.525. The maximum absolute atomic E-state index is 11.4. The van der Waals surface area contributed by atoms with Crippen LogP contribution in [0.5, 0.6) is 11.5 Å². The van der Waals surface area contributed by atoms with Gasteiger partial charge in [-0.2, -0.15) is 10.2 Å². The third-order valence-electron chi connectivity index (χ3n) is 5.69. The Labute approximate surface area is 186 Å². The lowest BCUT2D eigenvalue weighted by Gasteiger charge is -2.28. The maximum Gasteiger partial charge on any atom is 0.123 e. The van der Waals surface area contributed by atoms with Crippen molar-refractivity contribution in [2.45, 2.75) is 72.1 Å². The van der Waals surface area contributed by atoms with Crippen LogP contribution in [0.25, 0.3) is 0 Å². The van der Waals surface area contributed by atoms with Crippen molar-refractivity contribution in [3.05, 3.63) is 81.7 Å². The molecule has 31 heavy (non-hydrogen) atoms. The van der Waals surface area contributed by atoms with Crippen molar-refractivity contribution < 1.29 is 10.2 Å². The lowest BCUT2D eigenvalue weighted by atomic mass is 9.77. The van der Waals surface area contributed by atoms with Gasteiger partial charge in [0.05, 0.1) is 11.6 Å². The number of aryl methyl sites for hydroxylation is 2. The molecule has 0 radical (unpaired) electrons. The number of aromatic hydroxyl groups is 2. The number of phenols is 2. The molecule has 0 atom stereocenters. The predicted molar refractivity (Wildman–Crippen MR) is 126 cm³/mol. The molecule has 0 amide bonds. The summed E-state index contributed by atoms with van der Waals surface area (Å²) >= 11 is 0. The fourth-order valence-corrected chi connectivity index (χ4v) is 4.15. The monoisotopic (exact) mass is 418 g/mol. The van der Waals surface area contributed by atoms with Crippen LogP contribution in [0.2, 0.25) is 0 Å². The van der Waals surface area contributed by atoms with Gasteiger partial charge in [0.25, 0.3) is 0 Å². The van der Waals surface area contributed by atoms with Crippen LogP contribution in [0.15, 0.2) is 42.6 Å². The Morgan fingerprint density at radius 1 is 0.742 bits per heavy atom. The van der Waals surface area contributed by atoms with E-state index in [9.17, 15) is 10.2 Å². The van der Waals surface area contributed by atoms with E-state index in [0.29, 0.717) is 5.69 Å². The normalized spacial score (nSPS) is 12.4. The Morgan fingerprint density at radius 2 is 1.19 bits per heavy atom. The molecule has 0 aliphatic heterocycles. The Hall–Kier alpha value is -2.88. The second-order valence-electron chi connectivity index (χ2n) is 10.6. The number of rotatable bonds is 3. The molecule has 0 saturated heterocycles. The number of benzene rings is 2. The number of phenolic OH excluding ortho intramolecular Hbond substituents is 2. The van der Waals surface area contributed by atoms with Crippen LogP contribution in [0.4, 0.5) is 0 Å². The van der Waals surface area contributed by atoms with E-state index in [2.05, 4.69) is 51.7 Å². The molecular formula is C27H34N2O2. The molecule has 0 aliphatic rings. The van der Waals surface area contributed by atoms with Gasteiger partial charge in [0, 0.05) is 17.3 Å². The van der Waals surface area contributed by atoms with E-state index in [0.717, 1.165) is 33.4 Å². The molecule has 1 aromatic heterocycles. The fourth-order valence-electron chi connectivity index (χ4n) is 4.15. The Kier molecular flexibility index (Phi) is 5.88. The fraction of sp³-hybridized carbons (Fsp3) is 0.407. The molecule has 0 bridgehead atoms. The Morgan fingerprint density at radius 3 is 1.55 bits per heavy atom. The number of aromatic nitrogens is 2. The second kappa shape index (κ2) is 7.99. The summed E-state index contributed by atoms with van der Waals surface area (Å²) in [6.45, 7) is 16.6.